The summed E-state index contributed by atoms with van der Waals surface area (Å²) in [7, 11) is 0. The third-order valence-electron chi connectivity index (χ3n) is 3.64. The number of aromatic nitrogens is 1. The van der Waals surface area contributed by atoms with Crippen LogP contribution >= 0.6 is 11.6 Å². The highest BCUT2D eigenvalue weighted by molar-refractivity contribution is 6.30. The number of aliphatic hydroxyl groups excluding tert-OH is 1. The van der Waals surface area contributed by atoms with E-state index >= 15 is 0 Å². The molecule has 2 aromatic rings. The number of nitrogens with zero attached hydrogens (tertiary/aromatic N) is 1. The van der Waals surface area contributed by atoms with Crippen LogP contribution in [0.4, 0.5) is 0 Å². The molecule has 136 valence electrons. The minimum atomic E-state index is -0.667. The van der Waals surface area contributed by atoms with Crippen LogP contribution in [0.1, 0.15) is 24.3 Å². The van der Waals surface area contributed by atoms with Crippen molar-refractivity contribution in [3.05, 3.63) is 58.9 Å². The average molecular weight is 365 g/mol. The second-order valence-corrected chi connectivity index (χ2v) is 5.99. The van der Waals surface area contributed by atoms with E-state index in [2.05, 4.69) is 10.3 Å². The van der Waals surface area contributed by atoms with Crippen molar-refractivity contribution in [3.8, 4) is 5.75 Å². The van der Waals surface area contributed by atoms with Gasteiger partial charge >= 0.3 is 0 Å². The number of halogens is 1. The minimum Gasteiger partial charge on any atom is -0.491 e. The molecule has 1 aromatic carbocycles. The highest BCUT2D eigenvalue weighted by Crippen LogP contribution is 2.15. The maximum Gasteiger partial charge on any atom is 0.119 e. The van der Waals surface area contributed by atoms with Crippen molar-refractivity contribution in [1.82, 2.24) is 10.3 Å². The molecule has 6 heteroatoms. The second-order valence-electron chi connectivity index (χ2n) is 5.56. The molecule has 0 radical (unpaired) electrons. The van der Waals surface area contributed by atoms with Gasteiger partial charge in [0.25, 0.3) is 0 Å². The van der Waals surface area contributed by atoms with E-state index in [0.29, 0.717) is 37.1 Å². The SMILES string of the molecule is CCOCCOc1ccc(CCNCC(O)c2cc(Cl)ccn2)cc1. The van der Waals surface area contributed by atoms with Crippen LogP contribution in [0.15, 0.2) is 42.6 Å². The molecule has 0 amide bonds. The van der Waals surface area contributed by atoms with E-state index in [1.165, 1.54) is 5.56 Å². The first-order valence-corrected chi connectivity index (χ1v) is 8.86. The predicted molar refractivity (Wildman–Crippen MR) is 99.2 cm³/mol. The molecule has 0 bridgehead atoms. The van der Waals surface area contributed by atoms with Crippen LogP contribution in [0.3, 0.4) is 0 Å². The van der Waals surface area contributed by atoms with Crippen molar-refractivity contribution < 1.29 is 14.6 Å². The van der Waals surface area contributed by atoms with Crippen molar-refractivity contribution >= 4 is 11.6 Å². The van der Waals surface area contributed by atoms with E-state index in [1.54, 1.807) is 18.3 Å². The monoisotopic (exact) mass is 364 g/mol. The highest BCUT2D eigenvalue weighted by Gasteiger charge is 2.08. The largest absolute Gasteiger partial charge is 0.491 e. The molecular weight excluding hydrogens is 340 g/mol. The molecule has 1 atom stereocenters. The fourth-order valence-electron chi connectivity index (χ4n) is 2.29. The van der Waals surface area contributed by atoms with Gasteiger partial charge in [0.1, 0.15) is 18.5 Å². The highest BCUT2D eigenvalue weighted by atomic mass is 35.5. The maximum absolute atomic E-state index is 10.1. The zero-order chi connectivity index (χ0) is 17.9. The van der Waals surface area contributed by atoms with E-state index in [9.17, 15) is 5.11 Å². The molecule has 0 fully saturated rings. The summed E-state index contributed by atoms with van der Waals surface area (Å²) in [4.78, 5) is 4.12. The molecule has 0 aliphatic carbocycles. The zero-order valence-electron chi connectivity index (χ0n) is 14.5. The summed E-state index contributed by atoms with van der Waals surface area (Å²) in [5.41, 5.74) is 1.79. The average Bonchev–Trinajstić information content (AvgIpc) is 2.63. The quantitative estimate of drug-likeness (QED) is 0.600. The van der Waals surface area contributed by atoms with Gasteiger partial charge < -0.3 is 19.9 Å². The smallest absolute Gasteiger partial charge is 0.119 e. The van der Waals surface area contributed by atoms with Gasteiger partial charge in [0.2, 0.25) is 0 Å². The summed E-state index contributed by atoms with van der Waals surface area (Å²) >= 11 is 5.90. The van der Waals surface area contributed by atoms with Crippen LogP contribution in [-0.4, -0.2) is 43.0 Å². The van der Waals surface area contributed by atoms with Crippen molar-refractivity contribution in [3.63, 3.8) is 0 Å². The molecule has 2 rings (SSSR count). The van der Waals surface area contributed by atoms with Gasteiger partial charge in [-0.3, -0.25) is 4.98 Å². The number of benzene rings is 1. The van der Waals surface area contributed by atoms with E-state index in [4.69, 9.17) is 21.1 Å². The first kappa shape index (κ1) is 19.7. The Labute approximate surface area is 154 Å². The predicted octanol–water partition coefficient (Wildman–Crippen LogP) is 3.02. The zero-order valence-corrected chi connectivity index (χ0v) is 15.2. The van der Waals surface area contributed by atoms with E-state index < -0.39 is 6.10 Å². The molecule has 2 N–H and O–H groups in total. The van der Waals surface area contributed by atoms with Gasteiger partial charge in [-0.25, -0.2) is 0 Å². The molecule has 0 aliphatic rings. The lowest BCUT2D eigenvalue weighted by Crippen LogP contribution is -2.24. The summed E-state index contributed by atoms with van der Waals surface area (Å²) in [5, 5.41) is 13.9. The summed E-state index contributed by atoms with van der Waals surface area (Å²) in [6.45, 7) is 5.04. The molecule has 0 saturated carbocycles. The second kappa shape index (κ2) is 11.1. The molecule has 5 nitrogen and oxygen atoms in total. The standard InChI is InChI=1S/C19H25ClN2O3/c1-2-24-11-12-25-17-5-3-15(4-6-17)7-9-21-14-19(23)18-13-16(20)8-10-22-18/h3-6,8,10,13,19,21,23H,2,7,9,11-12,14H2,1H3. The summed E-state index contributed by atoms with van der Waals surface area (Å²) < 4.78 is 10.8. The van der Waals surface area contributed by atoms with Crippen LogP contribution in [0.5, 0.6) is 5.75 Å². The normalized spacial score (nSPS) is 12.1. The third-order valence-corrected chi connectivity index (χ3v) is 3.87. The van der Waals surface area contributed by atoms with E-state index in [-0.39, 0.29) is 0 Å². The Morgan fingerprint density at radius 1 is 1.20 bits per heavy atom. The van der Waals surface area contributed by atoms with Crippen molar-refractivity contribution in [2.45, 2.75) is 19.4 Å². The Hall–Kier alpha value is -1.66. The van der Waals surface area contributed by atoms with Gasteiger partial charge in [-0.2, -0.15) is 0 Å². The fraction of sp³-hybridized carbons (Fsp3) is 0.421. The topological polar surface area (TPSA) is 63.6 Å². The molecule has 0 spiro atoms. The summed E-state index contributed by atoms with van der Waals surface area (Å²) in [5.74, 6) is 0.846. The number of aliphatic hydroxyl groups is 1. The number of rotatable bonds is 11. The van der Waals surface area contributed by atoms with Crippen molar-refractivity contribution in [1.29, 1.82) is 0 Å². The Kier molecular flexibility index (Phi) is 8.69. The third kappa shape index (κ3) is 7.40. The van der Waals surface area contributed by atoms with Crippen molar-refractivity contribution in [2.24, 2.45) is 0 Å². The summed E-state index contributed by atoms with van der Waals surface area (Å²) in [6, 6.07) is 11.4. The molecule has 0 saturated heterocycles. The van der Waals surface area contributed by atoms with E-state index in [1.807, 2.05) is 31.2 Å². The Bertz CT molecular complexity index is 622. The van der Waals surface area contributed by atoms with Gasteiger partial charge in [-0.15, -0.1) is 0 Å². The molecule has 25 heavy (non-hydrogen) atoms. The van der Waals surface area contributed by atoms with E-state index in [0.717, 1.165) is 18.7 Å². The number of ether oxygens (including phenoxy) is 2. The molecule has 1 heterocycles. The van der Waals surface area contributed by atoms with Gasteiger partial charge in [-0.05, 0) is 49.7 Å². The molecular formula is C19H25ClN2O3. The Morgan fingerprint density at radius 2 is 2.00 bits per heavy atom. The lowest BCUT2D eigenvalue weighted by molar-refractivity contribution is 0.110. The molecule has 1 unspecified atom stereocenters. The minimum absolute atomic E-state index is 0.436. The fourth-order valence-corrected chi connectivity index (χ4v) is 2.46. The lowest BCUT2D eigenvalue weighted by Gasteiger charge is -2.12. The first-order valence-electron chi connectivity index (χ1n) is 8.48. The van der Waals surface area contributed by atoms with Crippen LogP contribution in [0.2, 0.25) is 5.02 Å². The number of pyridine rings is 1. The van der Waals surface area contributed by atoms with Crippen molar-refractivity contribution in [2.75, 3.05) is 32.9 Å². The maximum atomic E-state index is 10.1. The number of hydrogen-bond acceptors (Lipinski definition) is 5. The molecule has 0 aliphatic heterocycles. The molecule has 1 aromatic heterocycles. The van der Waals surface area contributed by atoms with Crippen LogP contribution < -0.4 is 10.1 Å². The van der Waals surface area contributed by atoms with Gasteiger partial charge in [0.05, 0.1) is 12.3 Å². The van der Waals surface area contributed by atoms with Gasteiger partial charge in [-0.1, -0.05) is 23.7 Å². The first-order chi connectivity index (χ1) is 12.2. The van der Waals surface area contributed by atoms with Gasteiger partial charge in [0, 0.05) is 24.4 Å². The summed E-state index contributed by atoms with van der Waals surface area (Å²) in [6.07, 6.45) is 1.80. The van der Waals surface area contributed by atoms with Gasteiger partial charge in [0.15, 0.2) is 0 Å². The van der Waals surface area contributed by atoms with Crippen LogP contribution in [0, 0.1) is 0 Å². The Morgan fingerprint density at radius 3 is 2.72 bits per heavy atom. The number of nitrogens with one attached hydrogen (secondary N) is 1. The lowest BCUT2D eigenvalue weighted by atomic mass is 10.1. The van der Waals surface area contributed by atoms with Crippen LogP contribution in [0.25, 0.3) is 0 Å². The van der Waals surface area contributed by atoms with Crippen LogP contribution in [-0.2, 0) is 11.2 Å². The Balaban J connectivity index is 1.66. The number of hydrogen-bond donors (Lipinski definition) is 2.